The lowest BCUT2D eigenvalue weighted by atomic mass is 10.1. The largest absolute Gasteiger partial charge is 0.322 e. The average molecular weight is 394 g/mol. The highest BCUT2D eigenvalue weighted by Gasteiger charge is 2.20. The van der Waals surface area contributed by atoms with E-state index in [0.29, 0.717) is 11.3 Å². The molecule has 0 saturated heterocycles. The van der Waals surface area contributed by atoms with E-state index in [1.165, 1.54) is 18.3 Å². The number of nitrogens with one attached hydrogen (secondary N) is 1. The van der Waals surface area contributed by atoms with Gasteiger partial charge in [-0.3, -0.25) is 4.79 Å². The minimum Gasteiger partial charge on any atom is -0.322 e. The van der Waals surface area contributed by atoms with Crippen molar-refractivity contribution < 1.29 is 13.2 Å². The van der Waals surface area contributed by atoms with Crippen LogP contribution in [0.5, 0.6) is 0 Å². The second kappa shape index (κ2) is 7.56. The van der Waals surface area contributed by atoms with Crippen molar-refractivity contribution in [1.82, 2.24) is 4.98 Å². The molecule has 1 N–H and O–H groups in total. The Labute approximate surface area is 165 Å². The van der Waals surface area contributed by atoms with Crippen LogP contribution in [0.25, 0.3) is 0 Å². The highest BCUT2D eigenvalue weighted by Crippen LogP contribution is 2.22. The molecule has 5 nitrogen and oxygen atoms in total. The smallest absolute Gasteiger partial charge is 0.257 e. The van der Waals surface area contributed by atoms with Gasteiger partial charge >= 0.3 is 0 Å². The fourth-order valence-electron chi connectivity index (χ4n) is 2.82. The van der Waals surface area contributed by atoms with Gasteiger partial charge in [-0.2, -0.15) is 0 Å². The third-order valence-corrected chi connectivity index (χ3v) is 6.36. The summed E-state index contributed by atoms with van der Waals surface area (Å²) in [6, 6.07) is 13.5. The van der Waals surface area contributed by atoms with Crippen molar-refractivity contribution in [2.75, 3.05) is 5.32 Å². The molecule has 0 radical (unpaired) electrons. The summed E-state index contributed by atoms with van der Waals surface area (Å²) < 4.78 is 25.6. The number of nitrogens with zero attached hydrogens (tertiary/aromatic N) is 1. The van der Waals surface area contributed by atoms with Crippen LogP contribution in [0, 0.1) is 27.7 Å². The number of anilines is 1. The zero-order chi connectivity index (χ0) is 20.5. The molecule has 0 saturated carbocycles. The SMILES string of the molecule is Cc1ccc(NC(=O)c2ccc(S(=O)(=O)c3ccc(C)c(C)c3)nc2)c(C)c1. The molecule has 0 atom stereocenters. The number of amides is 1. The molecule has 0 fully saturated rings. The van der Waals surface area contributed by atoms with Gasteiger partial charge in [0.05, 0.1) is 10.5 Å². The Morgan fingerprint density at radius 2 is 1.61 bits per heavy atom. The molecule has 6 heteroatoms. The molecule has 144 valence electrons. The number of aromatic nitrogens is 1. The van der Waals surface area contributed by atoms with Gasteiger partial charge in [-0.1, -0.05) is 23.8 Å². The second-order valence-electron chi connectivity index (χ2n) is 6.91. The number of aryl methyl sites for hydroxylation is 4. The summed E-state index contributed by atoms with van der Waals surface area (Å²) in [4.78, 5) is 16.7. The standard InChI is InChI=1S/C22H22N2O3S/c1-14-5-9-20(17(4)11-14)24-22(25)18-7-10-21(23-13-18)28(26,27)19-8-6-15(2)16(3)12-19/h5-13H,1-4H3,(H,24,25). The van der Waals surface area contributed by atoms with Crippen LogP contribution in [-0.2, 0) is 9.84 Å². The van der Waals surface area contributed by atoms with Crippen LogP contribution in [0.2, 0.25) is 0 Å². The number of sulfone groups is 1. The topological polar surface area (TPSA) is 76.1 Å². The third kappa shape index (κ3) is 3.97. The molecule has 3 aromatic rings. The molecular formula is C22H22N2O3S. The van der Waals surface area contributed by atoms with Crippen LogP contribution < -0.4 is 5.32 Å². The highest BCUT2D eigenvalue weighted by molar-refractivity contribution is 7.91. The Kier molecular flexibility index (Phi) is 5.34. The normalized spacial score (nSPS) is 11.3. The van der Waals surface area contributed by atoms with Crippen LogP contribution in [0.4, 0.5) is 5.69 Å². The van der Waals surface area contributed by atoms with E-state index in [0.717, 1.165) is 22.3 Å². The van der Waals surface area contributed by atoms with Gasteiger partial charge in [-0.05, 0) is 74.7 Å². The number of hydrogen-bond donors (Lipinski definition) is 1. The lowest BCUT2D eigenvalue weighted by molar-refractivity contribution is 0.102. The van der Waals surface area contributed by atoms with Crippen molar-refractivity contribution in [1.29, 1.82) is 0 Å². The minimum absolute atomic E-state index is 0.0844. The van der Waals surface area contributed by atoms with Crippen LogP contribution in [-0.4, -0.2) is 19.3 Å². The fraction of sp³-hybridized carbons (Fsp3) is 0.182. The number of carbonyl (C=O) groups is 1. The van der Waals surface area contributed by atoms with Crippen LogP contribution in [0.3, 0.4) is 0 Å². The summed E-state index contributed by atoms with van der Waals surface area (Å²) >= 11 is 0. The number of carbonyl (C=O) groups excluding carboxylic acids is 1. The number of benzene rings is 2. The predicted octanol–water partition coefficient (Wildman–Crippen LogP) is 4.40. The van der Waals surface area contributed by atoms with Crippen molar-refractivity contribution in [2.24, 2.45) is 0 Å². The van der Waals surface area contributed by atoms with Gasteiger partial charge in [-0.15, -0.1) is 0 Å². The molecule has 0 aliphatic heterocycles. The van der Waals surface area contributed by atoms with E-state index in [4.69, 9.17) is 0 Å². The van der Waals surface area contributed by atoms with Gasteiger partial charge in [0.2, 0.25) is 9.84 Å². The monoisotopic (exact) mass is 394 g/mol. The van der Waals surface area contributed by atoms with Crippen LogP contribution in [0.15, 0.2) is 64.6 Å². The molecule has 1 heterocycles. The Morgan fingerprint density at radius 3 is 2.21 bits per heavy atom. The summed E-state index contributed by atoms with van der Waals surface area (Å²) in [6.45, 7) is 7.69. The predicted molar refractivity (Wildman–Crippen MR) is 109 cm³/mol. The molecule has 1 amide bonds. The second-order valence-corrected chi connectivity index (χ2v) is 8.80. The van der Waals surface area contributed by atoms with Gasteiger partial charge in [0, 0.05) is 11.9 Å². The quantitative estimate of drug-likeness (QED) is 0.712. The van der Waals surface area contributed by atoms with Crippen LogP contribution >= 0.6 is 0 Å². The summed E-state index contributed by atoms with van der Waals surface area (Å²) in [5.41, 5.74) is 4.98. The molecule has 0 spiro atoms. The molecule has 2 aromatic carbocycles. The first-order valence-electron chi connectivity index (χ1n) is 8.85. The summed E-state index contributed by atoms with van der Waals surface area (Å²) in [5, 5.41) is 2.74. The van der Waals surface area contributed by atoms with Gasteiger partial charge in [-0.25, -0.2) is 13.4 Å². The lowest BCUT2D eigenvalue weighted by Crippen LogP contribution is -2.14. The van der Waals surface area contributed by atoms with Gasteiger partial charge in [0.1, 0.15) is 0 Å². The number of pyridine rings is 1. The van der Waals surface area contributed by atoms with E-state index in [2.05, 4.69) is 10.3 Å². The van der Waals surface area contributed by atoms with Crippen molar-refractivity contribution >= 4 is 21.4 Å². The molecular weight excluding hydrogens is 372 g/mol. The Morgan fingerprint density at radius 1 is 0.857 bits per heavy atom. The van der Waals surface area contributed by atoms with Gasteiger partial charge < -0.3 is 5.32 Å². The Hall–Kier alpha value is -2.99. The highest BCUT2D eigenvalue weighted by atomic mass is 32.2. The first kappa shape index (κ1) is 19.8. The number of rotatable bonds is 4. The zero-order valence-corrected chi connectivity index (χ0v) is 17.1. The van der Waals surface area contributed by atoms with E-state index in [9.17, 15) is 13.2 Å². The lowest BCUT2D eigenvalue weighted by Gasteiger charge is -2.10. The first-order valence-corrected chi connectivity index (χ1v) is 10.3. The molecule has 0 aliphatic rings. The fourth-order valence-corrected chi connectivity index (χ4v) is 4.08. The molecule has 0 bridgehead atoms. The van der Waals surface area contributed by atoms with E-state index >= 15 is 0 Å². The minimum atomic E-state index is -3.73. The van der Waals surface area contributed by atoms with Crippen molar-refractivity contribution in [3.8, 4) is 0 Å². The third-order valence-electron chi connectivity index (χ3n) is 4.69. The Bertz CT molecular complexity index is 1150. The molecule has 0 aliphatic carbocycles. The molecule has 28 heavy (non-hydrogen) atoms. The van der Waals surface area contributed by atoms with Crippen LogP contribution in [0.1, 0.15) is 32.6 Å². The molecule has 3 rings (SSSR count). The van der Waals surface area contributed by atoms with E-state index < -0.39 is 9.84 Å². The van der Waals surface area contributed by atoms with Crippen molar-refractivity contribution in [3.63, 3.8) is 0 Å². The summed E-state index contributed by atoms with van der Waals surface area (Å²) in [5.74, 6) is -0.338. The van der Waals surface area contributed by atoms with Gasteiger partial charge in [0.15, 0.2) is 5.03 Å². The molecule has 0 unspecified atom stereocenters. The molecule has 1 aromatic heterocycles. The Balaban J connectivity index is 1.84. The van der Waals surface area contributed by atoms with E-state index in [-0.39, 0.29) is 15.8 Å². The first-order chi connectivity index (χ1) is 13.2. The summed E-state index contributed by atoms with van der Waals surface area (Å²) in [7, 11) is -3.73. The van der Waals surface area contributed by atoms with E-state index in [1.54, 1.807) is 18.2 Å². The number of hydrogen-bond acceptors (Lipinski definition) is 4. The van der Waals surface area contributed by atoms with Crippen molar-refractivity contribution in [2.45, 2.75) is 37.6 Å². The summed E-state index contributed by atoms with van der Waals surface area (Å²) in [6.07, 6.45) is 1.28. The maximum absolute atomic E-state index is 12.8. The zero-order valence-electron chi connectivity index (χ0n) is 16.3. The maximum atomic E-state index is 12.8. The van der Waals surface area contributed by atoms with E-state index in [1.807, 2.05) is 45.9 Å². The maximum Gasteiger partial charge on any atom is 0.257 e. The van der Waals surface area contributed by atoms with Crippen molar-refractivity contribution in [3.05, 3.63) is 82.5 Å². The van der Waals surface area contributed by atoms with Gasteiger partial charge in [0.25, 0.3) is 5.91 Å². The average Bonchev–Trinajstić information content (AvgIpc) is 2.66.